The number of amides is 1. The molecule has 3 unspecified atom stereocenters. The van der Waals surface area contributed by atoms with Crippen molar-refractivity contribution in [3.8, 4) is 0 Å². The number of carbonyl (C=O) groups is 2. The van der Waals surface area contributed by atoms with Gasteiger partial charge in [0.2, 0.25) is 5.91 Å². The molecule has 0 spiro atoms. The van der Waals surface area contributed by atoms with Crippen LogP contribution in [0.5, 0.6) is 0 Å². The number of carbonyl (C=O) groups excluding carboxylic acids is 2. The Balaban J connectivity index is 4.92. The molecular formula is C69H136N2O7P+. The van der Waals surface area contributed by atoms with Crippen LogP contribution < -0.4 is 5.32 Å². The van der Waals surface area contributed by atoms with Gasteiger partial charge in [-0.3, -0.25) is 18.6 Å². The molecular weight excluding hydrogens is 1000 g/mol. The predicted octanol–water partition coefficient (Wildman–Crippen LogP) is 21.7. The Bertz CT molecular complexity index is 1400. The molecule has 0 saturated carbocycles. The fraction of sp³-hybridized carbons (Fsp3) is 0.913. The Morgan fingerprint density at radius 2 is 0.734 bits per heavy atom. The number of phosphoric ester groups is 1. The van der Waals surface area contributed by atoms with Crippen LogP contribution in [-0.4, -0.2) is 74.3 Å². The van der Waals surface area contributed by atoms with E-state index in [1.165, 1.54) is 263 Å². The number of hydrogen-bond acceptors (Lipinski definition) is 6. The maximum Gasteiger partial charge on any atom is 0.472 e. The van der Waals surface area contributed by atoms with E-state index in [1.54, 1.807) is 0 Å². The zero-order valence-electron chi connectivity index (χ0n) is 53.6. The Labute approximate surface area is 492 Å². The van der Waals surface area contributed by atoms with E-state index >= 15 is 0 Å². The van der Waals surface area contributed by atoms with Crippen molar-refractivity contribution in [1.29, 1.82) is 0 Å². The molecule has 0 aliphatic carbocycles. The third-order valence-corrected chi connectivity index (χ3v) is 16.9. The molecule has 1 amide bonds. The van der Waals surface area contributed by atoms with Gasteiger partial charge in [-0.15, -0.1) is 0 Å². The van der Waals surface area contributed by atoms with E-state index in [2.05, 4.69) is 38.2 Å². The lowest BCUT2D eigenvalue weighted by molar-refractivity contribution is -0.870. The van der Waals surface area contributed by atoms with Gasteiger partial charge in [-0.25, -0.2) is 4.57 Å². The summed E-state index contributed by atoms with van der Waals surface area (Å²) >= 11 is 0. The second kappa shape index (κ2) is 59.6. The van der Waals surface area contributed by atoms with Gasteiger partial charge in [-0.05, 0) is 57.4 Å². The Hall–Kier alpha value is -1.51. The average molecular weight is 1140 g/mol. The monoisotopic (exact) mass is 1140 g/mol. The van der Waals surface area contributed by atoms with Crippen LogP contribution in [0.3, 0.4) is 0 Å². The fourth-order valence-corrected chi connectivity index (χ4v) is 11.3. The Kier molecular flexibility index (Phi) is 58.5. The van der Waals surface area contributed by atoms with Crippen LogP contribution in [0, 0.1) is 0 Å². The number of rotatable bonds is 64. The van der Waals surface area contributed by atoms with Gasteiger partial charge in [0.1, 0.15) is 19.3 Å². The number of quaternary nitrogens is 1. The van der Waals surface area contributed by atoms with Crippen molar-refractivity contribution < 1.29 is 37.3 Å². The lowest BCUT2D eigenvalue weighted by Crippen LogP contribution is -2.47. The van der Waals surface area contributed by atoms with Crippen LogP contribution in [-0.2, 0) is 27.9 Å². The number of esters is 1. The standard InChI is InChI=1S/C69H135N2O7P/c1-7-10-13-16-19-22-25-27-29-30-31-32-33-34-35-36-37-38-39-40-42-43-46-49-52-55-58-61-68(72)70-66(65-77-79(74,75)76-64-63-71(4,5)6)67(60-57-54-51-48-45-24-21-18-15-12-9-3)78-69(73)62-59-56-53-50-47-44-41-28-26-23-20-17-14-11-8-2/h23,26,57,60,66-67H,7-22,24-25,27-56,58-59,61-65H2,1-6H3,(H-,70,72,74,75)/p+1/b26-23-,60-57-. The first-order valence-electron chi connectivity index (χ1n) is 34.7. The summed E-state index contributed by atoms with van der Waals surface area (Å²) in [6, 6.07) is -0.844. The van der Waals surface area contributed by atoms with Crippen molar-refractivity contribution in [3.63, 3.8) is 0 Å². The summed E-state index contributed by atoms with van der Waals surface area (Å²) in [5.74, 6) is -0.492. The summed E-state index contributed by atoms with van der Waals surface area (Å²) in [6.07, 6.45) is 72.0. The van der Waals surface area contributed by atoms with E-state index in [4.69, 9.17) is 13.8 Å². The molecule has 468 valence electrons. The van der Waals surface area contributed by atoms with Gasteiger partial charge in [-0.1, -0.05) is 309 Å². The quantitative estimate of drug-likeness (QED) is 0.0205. The van der Waals surface area contributed by atoms with Gasteiger partial charge in [0, 0.05) is 12.8 Å². The molecule has 79 heavy (non-hydrogen) atoms. The number of allylic oxidation sites excluding steroid dienone is 3. The first-order valence-corrected chi connectivity index (χ1v) is 36.2. The highest BCUT2D eigenvalue weighted by Crippen LogP contribution is 2.43. The third kappa shape index (κ3) is 60.9. The molecule has 0 aromatic heterocycles. The topological polar surface area (TPSA) is 111 Å². The van der Waals surface area contributed by atoms with Crippen molar-refractivity contribution in [2.45, 2.75) is 367 Å². The number of nitrogens with zero attached hydrogens (tertiary/aromatic N) is 1. The highest BCUT2D eigenvalue weighted by Gasteiger charge is 2.30. The number of likely N-dealkylation sites (N-methyl/N-ethyl adjacent to an activating group) is 1. The molecule has 0 heterocycles. The summed E-state index contributed by atoms with van der Waals surface area (Å²) < 4.78 is 30.8. The molecule has 2 N–H and O–H groups in total. The molecule has 0 saturated heterocycles. The van der Waals surface area contributed by atoms with E-state index in [0.29, 0.717) is 23.9 Å². The highest BCUT2D eigenvalue weighted by atomic mass is 31.2. The normalized spacial score (nSPS) is 13.7. The molecule has 0 aliphatic rings. The number of nitrogens with one attached hydrogen (secondary N) is 1. The van der Waals surface area contributed by atoms with Gasteiger partial charge in [0.05, 0.1) is 33.8 Å². The van der Waals surface area contributed by atoms with E-state index in [1.807, 2.05) is 33.3 Å². The molecule has 0 bridgehead atoms. The Morgan fingerprint density at radius 3 is 1.09 bits per heavy atom. The minimum atomic E-state index is -4.45. The zero-order valence-corrected chi connectivity index (χ0v) is 54.5. The summed E-state index contributed by atoms with van der Waals surface area (Å²) in [7, 11) is 1.51. The van der Waals surface area contributed by atoms with E-state index in [-0.39, 0.29) is 25.1 Å². The first-order chi connectivity index (χ1) is 38.4. The first kappa shape index (κ1) is 77.5. The fourth-order valence-electron chi connectivity index (χ4n) is 10.5. The molecule has 9 nitrogen and oxygen atoms in total. The van der Waals surface area contributed by atoms with Gasteiger partial charge in [-0.2, -0.15) is 0 Å². The van der Waals surface area contributed by atoms with Crippen molar-refractivity contribution in [2.75, 3.05) is 40.9 Å². The van der Waals surface area contributed by atoms with Gasteiger partial charge >= 0.3 is 13.8 Å². The molecule has 0 aliphatic heterocycles. The van der Waals surface area contributed by atoms with E-state index < -0.39 is 20.0 Å². The Morgan fingerprint density at radius 1 is 0.430 bits per heavy atom. The second-order valence-corrected chi connectivity index (χ2v) is 26.5. The summed E-state index contributed by atoms with van der Waals surface area (Å²) in [5.41, 5.74) is 0. The largest absolute Gasteiger partial charge is 0.472 e. The molecule has 10 heteroatoms. The van der Waals surface area contributed by atoms with Crippen LogP contribution in [0.15, 0.2) is 24.3 Å². The van der Waals surface area contributed by atoms with Crippen LogP contribution in [0.25, 0.3) is 0 Å². The predicted molar refractivity (Wildman–Crippen MR) is 342 cm³/mol. The van der Waals surface area contributed by atoms with Crippen LogP contribution in [0.2, 0.25) is 0 Å². The van der Waals surface area contributed by atoms with E-state index in [0.717, 1.165) is 57.8 Å². The van der Waals surface area contributed by atoms with Crippen LogP contribution >= 0.6 is 7.82 Å². The van der Waals surface area contributed by atoms with Crippen LogP contribution in [0.4, 0.5) is 0 Å². The molecule has 0 fully saturated rings. The highest BCUT2D eigenvalue weighted by molar-refractivity contribution is 7.47. The molecule has 0 rings (SSSR count). The number of ether oxygens (including phenoxy) is 1. The number of unbranched alkanes of at least 4 members (excludes halogenated alkanes) is 46. The minimum absolute atomic E-state index is 0.0432. The van der Waals surface area contributed by atoms with Crippen molar-refractivity contribution in [2.24, 2.45) is 0 Å². The molecule has 3 atom stereocenters. The van der Waals surface area contributed by atoms with Crippen molar-refractivity contribution in [1.82, 2.24) is 5.32 Å². The summed E-state index contributed by atoms with van der Waals surface area (Å²) in [4.78, 5) is 37.8. The van der Waals surface area contributed by atoms with Crippen molar-refractivity contribution in [3.05, 3.63) is 24.3 Å². The van der Waals surface area contributed by atoms with Gasteiger partial charge in [0.15, 0.2) is 0 Å². The number of phosphoric acid groups is 1. The third-order valence-electron chi connectivity index (χ3n) is 15.9. The lowest BCUT2D eigenvalue weighted by Gasteiger charge is -2.27. The molecule has 0 aromatic rings. The SMILES string of the molecule is CCCCCC/C=C\CCCCCCCCCC(=O)OC(/C=C\CCCCCCCCCCC)C(COP(=O)(O)OCC[N+](C)(C)C)NC(=O)CCCCCCCCCCCCCCCCCCCCCCCCCCCCC. The van der Waals surface area contributed by atoms with Gasteiger partial charge < -0.3 is 19.4 Å². The second-order valence-electron chi connectivity index (χ2n) is 25.1. The number of hydrogen-bond donors (Lipinski definition) is 2. The molecule has 0 aromatic carbocycles. The molecule has 0 radical (unpaired) electrons. The van der Waals surface area contributed by atoms with Crippen LogP contribution in [0.1, 0.15) is 355 Å². The summed E-state index contributed by atoms with van der Waals surface area (Å²) in [6.45, 7) is 7.05. The summed E-state index contributed by atoms with van der Waals surface area (Å²) in [5, 5.41) is 3.07. The van der Waals surface area contributed by atoms with E-state index in [9.17, 15) is 19.0 Å². The minimum Gasteiger partial charge on any atom is -0.456 e. The van der Waals surface area contributed by atoms with Crippen molar-refractivity contribution >= 4 is 19.7 Å². The maximum atomic E-state index is 13.6. The van der Waals surface area contributed by atoms with Gasteiger partial charge in [0.25, 0.3) is 0 Å². The lowest BCUT2D eigenvalue weighted by atomic mass is 10.0. The smallest absolute Gasteiger partial charge is 0.456 e. The zero-order chi connectivity index (χ0) is 57.9. The average Bonchev–Trinajstić information content (AvgIpc) is 3.41. The maximum absolute atomic E-state index is 13.6.